The number of hydrogen-bond acceptors (Lipinski definition) is 4. The van der Waals surface area contributed by atoms with Crippen molar-refractivity contribution in [1.29, 1.82) is 0 Å². The van der Waals surface area contributed by atoms with Gasteiger partial charge in [0, 0.05) is 12.5 Å². The number of carboxylic acids is 1. The Hall–Kier alpha value is -2.96. The minimum atomic E-state index is -1.59. The van der Waals surface area contributed by atoms with Gasteiger partial charge in [-0.05, 0) is 23.8 Å². The molecule has 0 aliphatic heterocycles. The molecule has 0 aliphatic rings. The molecule has 0 saturated carbocycles. The van der Waals surface area contributed by atoms with Crippen molar-refractivity contribution < 1.29 is 24.2 Å². The summed E-state index contributed by atoms with van der Waals surface area (Å²) in [5.74, 6) is -3.68. The van der Waals surface area contributed by atoms with Crippen molar-refractivity contribution >= 4 is 11.8 Å². The second kappa shape index (κ2) is 6.00. The molecule has 2 aromatic rings. The number of aliphatic hydroxyl groups excluding tert-OH is 1. The molecule has 0 amide bonds. The molecule has 2 rings (SSSR count). The highest BCUT2D eigenvalue weighted by Crippen LogP contribution is 2.10. The fraction of sp³-hybridized carbons (Fsp3) is 0.0714. The Kier molecular flexibility index (Phi) is 4.13. The molecule has 1 heterocycles. The zero-order valence-electron chi connectivity index (χ0n) is 10.7. The third-order valence-corrected chi connectivity index (χ3v) is 2.68. The molecule has 1 aromatic carbocycles. The number of ketones is 1. The minimum Gasteiger partial charge on any atom is -0.502 e. The van der Waals surface area contributed by atoms with E-state index in [1.165, 1.54) is 18.2 Å². The molecule has 7 heteroatoms. The molecule has 0 saturated heterocycles. The number of benzene rings is 1. The van der Waals surface area contributed by atoms with Crippen LogP contribution >= 0.6 is 0 Å². The van der Waals surface area contributed by atoms with Gasteiger partial charge in [0.15, 0.2) is 0 Å². The zero-order valence-corrected chi connectivity index (χ0v) is 10.7. The SMILES string of the molecule is O=C(O)C(O)=CC(=O)c1cc(Cc2ccc(F)cc2)n[nH]1. The first kappa shape index (κ1) is 14.4. The number of H-pyrrole nitrogens is 1. The van der Waals surface area contributed by atoms with Crippen molar-refractivity contribution in [2.45, 2.75) is 6.42 Å². The first-order chi connectivity index (χ1) is 9.95. The summed E-state index contributed by atoms with van der Waals surface area (Å²) in [6.07, 6.45) is 0.982. The van der Waals surface area contributed by atoms with Crippen LogP contribution in [0.15, 0.2) is 42.2 Å². The van der Waals surface area contributed by atoms with Gasteiger partial charge in [-0.2, -0.15) is 5.10 Å². The van der Waals surface area contributed by atoms with Gasteiger partial charge in [0.25, 0.3) is 0 Å². The van der Waals surface area contributed by atoms with Crippen LogP contribution in [0.3, 0.4) is 0 Å². The van der Waals surface area contributed by atoms with Gasteiger partial charge in [-0.25, -0.2) is 9.18 Å². The summed E-state index contributed by atoms with van der Waals surface area (Å²) in [6, 6.07) is 7.28. The number of aromatic amines is 1. The van der Waals surface area contributed by atoms with Crippen molar-refractivity contribution in [3.63, 3.8) is 0 Å². The lowest BCUT2D eigenvalue weighted by atomic mass is 10.1. The maximum Gasteiger partial charge on any atom is 0.371 e. The molecule has 3 N–H and O–H groups in total. The molecule has 0 fully saturated rings. The number of nitrogens with one attached hydrogen (secondary N) is 1. The van der Waals surface area contributed by atoms with Crippen LogP contribution in [0.1, 0.15) is 21.7 Å². The summed E-state index contributed by atoms with van der Waals surface area (Å²) < 4.78 is 12.8. The lowest BCUT2D eigenvalue weighted by molar-refractivity contribution is -0.135. The van der Waals surface area contributed by atoms with Gasteiger partial charge in [0.05, 0.1) is 5.69 Å². The van der Waals surface area contributed by atoms with E-state index < -0.39 is 17.5 Å². The van der Waals surface area contributed by atoms with Crippen molar-refractivity contribution in [2.24, 2.45) is 0 Å². The van der Waals surface area contributed by atoms with E-state index in [4.69, 9.17) is 10.2 Å². The van der Waals surface area contributed by atoms with Crippen LogP contribution in [0.2, 0.25) is 0 Å². The monoisotopic (exact) mass is 290 g/mol. The topological polar surface area (TPSA) is 103 Å². The highest BCUT2D eigenvalue weighted by atomic mass is 19.1. The number of aliphatic carboxylic acids is 1. The Morgan fingerprint density at radius 3 is 2.52 bits per heavy atom. The quantitative estimate of drug-likeness (QED) is 0.443. The number of carboxylic acid groups (broad SMARTS) is 1. The number of carbonyl (C=O) groups is 2. The van der Waals surface area contributed by atoms with E-state index in [1.54, 1.807) is 12.1 Å². The number of nitrogens with zero attached hydrogens (tertiary/aromatic N) is 1. The molecular weight excluding hydrogens is 279 g/mol. The van der Waals surface area contributed by atoms with Crippen LogP contribution in [0, 0.1) is 5.82 Å². The van der Waals surface area contributed by atoms with E-state index >= 15 is 0 Å². The summed E-state index contributed by atoms with van der Waals surface area (Å²) in [6.45, 7) is 0. The first-order valence-corrected chi connectivity index (χ1v) is 5.92. The van der Waals surface area contributed by atoms with E-state index in [1.807, 2.05) is 0 Å². The van der Waals surface area contributed by atoms with Gasteiger partial charge in [-0.15, -0.1) is 0 Å². The van der Waals surface area contributed by atoms with E-state index in [9.17, 15) is 14.0 Å². The summed E-state index contributed by atoms with van der Waals surface area (Å²) in [7, 11) is 0. The van der Waals surface area contributed by atoms with E-state index in [0.29, 0.717) is 18.2 Å². The van der Waals surface area contributed by atoms with Crippen LogP contribution in [0.25, 0.3) is 0 Å². The van der Waals surface area contributed by atoms with Gasteiger partial charge in [-0.3, -0.25) is 9.89 Å². The predicted octanol–water partition coefficient (Wildman–Crippen LogP) is 1.85. The zero-order chi connectivity index (χ0) is 15.4. The third-order valence-electron chi connectivity index (χ3n) is 2.68. The van der Waals surface area contributed by atoms with Gasteiger partial charge in [0.2, 0.25) is 11.5 Å². The van der Waals surface area contributed by atoms with E-state index in [2.05, 4.69) is 10.2 Å². The van der Waals surface area contributed by atoms with E-state index in [-0.39, 0.29) is 11.5 Å². The normalized spacial score (nSPS) is 11.4. The molecule has 6 nitrogen and oxygen atoms in total. The average Bonchev–Trinajstić information content (AvgIpc) is 2.90. The van der Waals surface area contributed by atoms with Gasteiger partial charge in [0.1, 0.15) is 11.5 Å². The highest BCUT2D eigenvalue weighted by molar-refractivity contribution is 6.06. The van der Waals surface area contributed by atoms with E-state index in [0.717, 1.165) is 5.56 Å². The first-order valence-electron chi connectivity index (χ1n) is 5.92. The molecule has 108 valence electrons. The molecule has 0 radical (unpaired) electrons. The molecule has 21 heavy (non-hydrogen) atoms. The van der Waals surface area contributed by atoms with Gasteiger partial charge >= 0.3 is 5.97 Å². The standard InChI is InChI=1S/C14H11FN2O4/c15-9-3-1-8(2-4-9)5-10-6-11(17-16-10)12(18)7-13(19)14(20)21/h1-4,6-7,19H,5H2,(H,16,17)(H,20,21). The average molecular weight is 290 g/mol. The van der Waals surface area contributed by atoms with Crippen LogP contribution in [0.4, 0.5) is 4.39 Å². The predicted molar refractivity (Wildman–Crippen MR) is 70.5 cm³/mol. The molecule has 0 aliphatic carbocycles. The fourth-order valence-corrected chi connectivity index (χ4v) is 1.66. The van der Waals surface area contributed by atoms with Crippen molar-refractivity contribution in [3.05, 3.63) is 64.9 Å². The number of rotatable bonds is 5. The summed E-state index contributed by atoms with van der Waals surface area (Å²) >= 11 is 0. The van der Waals surface area contributed by atoms with Crippen LogP contribution in [0.5, 0.6) is 0 Å². The maximum atomic E-state index is 12.8. The Morgan fingerprint density at radius 1 is 1.24 bits per heavy atom. The lowest BCUT2D eigenvalue weighted by Crippen LogP contribution is -2.04. The Bertz CT molecular complexity index is 704. The highest BCUT2D eigenvalue weighted by Gasteiger charge is 2.12. The Balaban J connectivity index is 2.11. The smallest absolute Gasteiger partial charge is 0.371 e. The largest absolute Gasteiger partial charge is 0.502 e. The summed E-state index contributed by atoms with van der Waals surface area (Å²) in [5, 5.41) is 23.8. The number of allylic oxidation sites excluding steroid dienone is 1. The number of aliphatic hydroxyl groups is 1. The number of carbonyl (C=O) groups excluding carboxylic acids is 1. The Morgan fingerprint density at radius 2 is 1.90 bits per heavy atom. The molecule has 0 bridgehead atoms. The Labute approximate surface area is 118 Å². The van der Waals surface area contributed by atoms with Crippen molar-refractivity contribution in [1.82, 2.24) is 10.2 Å². The maximum absolute atomic E-state index is 12.8. The molecule has 0 spiro atoms. The van der Waals surface area contributed by atoms with Gasteiger partial charge < -0.3 is 10.2 Å². The number of hydrogen-bond donors (Lipinski definition) is 3. The second-order valence-electron chi connectivity index (χ2n) is 4.28. The molecule has 0 atom stereocenters. The number of halogens is 1. The summed E-state index contributed by atoms with van der Waals surface area (Å²) in [5.41, 5.74) is 1.40. The van der Waals surface area contributed by atoms with Crippen LogP contribution in [-0.4, -0.2) is 32.2 Å². The molecular formula is C14H11FN2O4. The van der Waals surface area contributed by atoms with Gasteiger partial charge in [-0.1, -0.05) is 12.1 Å². The van der Waals surface area contributed by atoms with Crippen LogP contribution in [-0.2, 0) is 11.2 Å². The molecule has 0 unspecified atom stereocenters. The third kappa shape index (κ3) is 3.75. The lowest BCUT2D eigenvalue weighted by Gasteiger charge is -1.96. The van der Waals surface area contributed by atoms with Crippen molar-refractivity contribution in [2.75, 3.05) is 0 Å². The minimum absolute atomic E-state index is 0.0555. The van der Waals surface area contributed by atoms with Crippen LogP contribution < -0.4 is 0 Å². The molecule has 1 aromatic heterocycles. The number of aromatic nitrogens is 2. The van der Waals surface area contributed by atoms with Crippen molar-refractivity contribution in [3.8, 4) is 0 Å². The summed E-state index contributed by atoms with van der Waals surface area (Å²) in [4.78, 5) is 22.1. The fourth-order valence-electron chi connectivity index (χ4n) is 1.66. The second-order valence-corrected chi connectivity index (χ2v) is 4.28.